The number of likely N-dealkylation sites (tertiary alicyclic amines) is 1. The first kappa shape index (κ1) is 20.4. The molecule has 1 atom stereocenters. The van der Waals surface area contributed by atoms with Crippen LogP contribution in [0, 0.1) is 5.92 Å². The van der Waals surface area contributed by atoms with Crippen LogP contribution in [0.4, 0.5) is 0 Å². The number of nitrogens with zero attached hydrogens (tertiary/aromatic N) is 5. The first-order valence-electron chi connectivity index (χ1n) is 9.36. The van der Waals surface area contributed by atoms with E-state index in [1.165, 1.54) is 32.0 Å². The molecular weight excluding hydrogens is 410 g/mol. The molecule has 0 radical (unpaired) electrons. The number of methoxy groups -OCH3 is 2. The van der Waals surface area contributed by atoms with Gasteiger partial charge in [-0.1, -0.05) is 22.9 Å². The normalized spacial score (nSPS) is 16.3. The number of fused-ring (bicyclic) bond motifs is 1. The Hall–Kier alpha value is -2.91. The van der Waals surface area contributed by atoms with Crippen molar-refractivity contribution in [1.29, 1.82) is 0 Å². The van der Waals surface area contributed by atoms with E-state index >= 15 is 0 Å². The van der Waals surface area contributed by atoms with Crippen LogP contribution < -0.4 is 9.47 Å². The highest BCUT2D eigenvalue weighted by Gasteiger charge is 2.49. The zero-order valence-corrected chi connectivity index (χ0v) is 17.8. The van der Waals surface area contributed by atoms with Crippen LogP contribution in [0.25, 0.3) is 10.9 Å². The number of carbonyl (C=O) groups is 1. The van der Waals surface area contributed by atoms with E-state index in [-0.39, 0.29) is 17.7 Å². The van der Waals surface area contributed by atoms with Crippen molar-refractivity contribution in [2.24, 2.45) is 13.0 Å². The molecule has 1 saturated heterocycles. The zero-order chi connectivity index (χ0) is 21.6. The Kier molecular flexibility index (Phi) is 5.03. The quantitative estimate of drug-likeness (QED) is 0.656. The Morgan fingerprint density at radius 3 is 2.60 bits per heavy atom. The molecule has 0 bridgehead atoms. The lowest BCUT2D eigenvalue weighted by atomic mass is 9.74. The minimum Gasteiger partial charge on any atom is -0.490 e. The van der Waals surface area contributed by atoms with Gasteiger partial charge in [0.15, 0.2) is 0 Å². The van der Waals surface area contributed by atoms with Crippen molar-refractivity contribution in [3.63, 3.8) is 0 Å². The van der Waals surface area contributed by atoms with Gasteiger partial charge in [-0.25, -0.2) is 9.67 Å². The molecule has 0 aliphatic carbocycles. The van der Waals surface area contributed by atoms with E-state index in [9.17, 15) is 9.90 Å². The minimum atomic E-state index is -1.42. The predicted octanol–water partition coefficient (Wildman–Crippen LogP) is 1.75. The number of pyridine rings is 1. The summed E-state index contributed by atoms with van der Waals surface area (Å²) in [5.74, 6) is 0.341. The first-order chi connectivity index (χ1) is 14.3. The number of hydrogen-bond donors (Lipinski definition) is 1. The Morgan fingerprint density at radius 1 is 1.30 bits per heavy atom. The van der Waals surface area contributed by atoms with E-state index in [1.807, 2.05) is 0 Å². The molecule has 3 aromatic rings. The topological polar surface area (TPSA) is 103 Å². The number of ether oxygens (including phenoxy) is 2. The van der Waals surface area contributed by atoms with Crippen LogP contribution in [-0.4, -0.2) is 63.2 Å². The smallest absolute Gasteiger partial charge is 0.258 e. The van der Waals surface area contributed by atoms with E-state index in [0.717, 1.165) is 0 Å². The molecule has 0 saturated carbocycles. The Balaban J connectivity index is 1.88. The van der Waals surface area contributed by atoms with Crippen LogP contribution in [-0.2, 0) is 17.4 Å². The van der Waals surface area contributed by atoms with E-state index in [0.29, 0.717) is 46.0 Å². The summed E-state index contributed by atoms with van der Waals surface area (Å²) in [6.45, 7) is 2.36. The molecule has 1 N–H and O–H groups in total. The lowest BCUT2D eigenvalue weighted by Crippen LogP contribution is -2.58. The fourth-order valence-corrected chi connectivity index (χ4v) is 4.27. The van der Waals surface area contributed by atoms with Gasteiger partial charge in [-0.15, -0.1) is 5.10 Å². The van der Waals surface area contributed by atoms with Gasteiger partial charge in [0.2, 0.25) is 11.7 Å². The Morgan fingerprint density at radius 2 is 2.03 bits per heavy atom. The number of carbonyl (C=O) groups excluding carboxylic acids is 1. The van der Waals surface area contributed by atoms with E-state index in [2.05, 4.69) is 15.3 Å². The number of rotatable bonds is 5. The van der Waals surface area contributed by atoms with Gasteiger partial charge in [0.25, 0.3) is 5.88 Å². The van der Waals surface area contributed by atoms with Gasteiger partial charge in [-0.3, -0.25) is 4.79 Å². The van der Waals surface area contributed by atoms with Gasteiger partial charge in [0, 0.05) is 38.4 Å². The molecule has 1 aliphatic rings. The van der Waals surface area contributed by atoms with Gasteiger partial charge in [-0.2, -0.15) is 0 Å². The SMILES string of the molecule is COc1nc2ccc(C(O)(c3cnnn3C)C3CN(C(C)=O)C3)cc2c(Cl)c1OC. The molecule has 2 aromatic heterocycles. The lowest BCUT2D eigenvalue weighted by Gasteiger charge is -2.47. The summed E-state index contributed by atoms with van der Waals surface area (Å²) in [7, 11) is 4.70. The summed E-state index contributed by atoms with van der Waals surface area (Å²) in [6.07, 6.45) is 1.54. The summed E-state index contributed by atoms with van der Waals surface area (Å²) in [6, 6.07) is 5.35. The second-order valence-corrected chi connectivity index (χ2v) is 7.71. The number of hydrogen-bond acceptors (Lipinski definition) is 7. The van der Waals surface area contributed by atoms with E-state index < -0.39 is 5.60 Å². The van der Waals surface area contributed by atoms with Crippen molar-refractivity contribution in [3.8, 4) is 11.6 Å². The summed E-state index contributed by atoms with van der Waals surface area (Å²) in [4.78, 5) is 17.8. The molecule has 3 heterocycles. The highest BCUT2D eigenvalue weighted by atomic mass is 35.5. The number of aliphatic hydroxyl groups is 1. The number of aryl methyl sites for hydroxylation is 1. The van der Waals surface area contributed by atoms with Crippen LogP contribution in [0.1, 0.15) is 18.2 Å². The van der Waals surface area contributed by atoms with E-state index in [4.69, 9.17) is 21.1 Å². The third-order valence-corrected chi connectivity index (χ3v) is 6.08. The molecule has 4 rings (SSSR count). The number of aromatic nitrogens is 4. The second kappa shape index (κ2) is 7.41. The molecule has 0 spiro atoms. The van der Waals surface area contributed by atoms with Crippen molar-refractivity contribution in [2.75, 3.05) is 27.3 Å². The lowest BCUT2D eigenvalue weighted by molar-refractivity contribution is -0.142. The summed E-state index contributed by atoms with van der Waals surface area (Å²) < 4.78 is 12.2. The molecule has 30 heavy (non-hydrogen) atoms. The molecule has 10 heteroatoms. The molecule has 1 amide bonds. The predicted molar refractivity (Wildman–Crippen MR) is 110 cm³/mol. The van der Waals surface area contributed by atoms with Crippen LogP contribution in [0.15, 0.2) is 24.4 Å². The molecule has 1 fully saturated rings. The second-order valence-electron chi connectivity index (χ2n) is 7.33. The molecule has 1 aliphatic heterocycles. The maximum absolute atomic E-state index is 12.0. The largest absolute Gasteiger partial charge is 0.490 e. The van der Waals surface area contributed by atoms with Crippen LogP contribution in [0.2, 0.25) is 5.02 Å². The third-order valence-electron chi connectivity index (χ3n) is 5.71. The van der Waals surface area contributed by atoms with Gasteiger partial charge in [0.1, 0.15) is 5.60 Å². The van der Waals surface area contributed by atoms with Crippen molar-refractivity contribution >= 4 is 28.4 Å². The van der Waals surface area contributed by atoms with E-state index in [1.54, 1.807) is 30.1 Å². The third kappa shape index (κ3) is 2.96. The van der Waals surface area contributed by atoms with Crippen molar-refractivity contribution < 1.29 is 19.4 Å². The molecule has 1 aromatic carbocycles. The highest BCUT2D eigenvalue weighted by Crippen LogP contribution is 2.44. The van der Waals surface area contributed by atoms with Crippen molar-refractivity contribution in [2.45, 2.75) is 12.5 Å². The average Bonchev–Trinajstić information content (AvgIpc) is 3.12. The fraction of sp³-hybridized carbons (Fsp3) is 0.400. The number of benzene rings is 1. The molecule has 9 nitrogen and oxygen atoms in total. The summed E-state index contributed by atoms with van der Waals surface area (Å²) in [5.41, 5.74) is 0.310. The number of amides is 1. The minimum absolute atomic E-state index is 0.0284. The van der Waals surface area contributed by atoms with Gasteiger partial charge in [0.05, 0.1) is 36.6 Å². The monoisotopic (exact) mass is 431 g/mol. The fourth-order valence-electron chi connectivity index (χ4n) is 3.97. The van der Waals surface area contributed by atoms with Gasteiger partial charge < -0.3 is 19.5 Å². The van der Waals surface area contributed by atoms with Crippen LogP contribution >= 0.6 is 11.6 Å². The molecule has 1 unspecified atom stereocenters. The summed E-state index contributed by atoms with van der Waals surface area (Å²) >= 11 is 6.59. The highest BCUT2D eigenvalue weighted by molar-refractivity contribution is 6.37. The standard InChI is InChI=1S/C20H22ClN5O4/c1-11(27)26-9-13(10-26)20(28,16-8-22-24-25(16)2)12-5-6-15-14(7-12)17(21)18(29-3)19(23-15)30-4/h5-8,13,28H,9-10H2,1-4H3. The first-order valence-corrected chi connectivity index (χ1v) is 9.73. The zero-order valence-electron chi connectivity index (χ0n) is 17.1. The van der Waals surface area contributed by atoms with Gasteiger partial charge in [-0.05, 0) is 17.7 Å². The maximum Gasteiger partial charge on any atom is 0.258 e. The Labute approximate surface area is 178 Å². The van der Waals surface area contributed by atoms with Crippen LogP contribution in [0.5, 0.6) is 11.6 Å². The molecular formula is C20H22ClN5O4. The maximum atomic E-state index is 12.0. The summed E-state index contributed by atoms with van der Waals surface area (Å²) in [5, 5.41) is 20.8. The molecule has 158 valence electrons. The average molecular weight is 432 g/mol. The number of halogens is 1. The van der Waals surface area contributed by atoms with Crippen molar-refractivity contribution in [3.05, 3.63) is 40.7 Å². The van der Waals surface area contributed by atoms with Crippen LogP contribution in [0.3, 0.4) is 0 Å². The van der Waals surface area contributed by atoms with Gasteiger partial charge >= 0.3 is 0 Å². The van der Waals surface area contributed by atoms with Crippen molar-refractivity contribution in [1.82, 2.24) is 24.9 Å². The Bertz CT molecular complexity index is 1130.